The highest BCUT2D eigenvalue weighted by Crippen LogP contribution is 2.14. The molecule has 6 nitrogen and oxygen atoms in total. The molecule has 0 rings (SSSR count). The molecule has 0 fully saturated rings. The van der Waals surface area contributed by atoms with Crippen LogP contribution in [-0.4, -0.2) is 34.8 Å². The molecular weight excluding hydrogens is 362 g/mol. The second kappa shape index (κ2) is 11.8. The van der Waals surface area contributed by atoms with E-state index in [1.54, 1.807) is 13.8 Å². The van der Waals surface area contributed by atoms with E-state index in [1.807, 2.05) is 53.7 Å². The maximum atomic E-state index is 11.9. The Morgan fingerprint density at radius 3 is 1.93 bits per heavy atom. The van der Waals surface area contributed by atoms with Crippen molar-refractivity contribution in [2.45, 2.75) is 61.4 Å². The number of rotatable bonds is 10. The van der Waals surface area contributed by atoms with Crippen LogP contribution in [0.25, 0.3) is 0 Å². The lowest BCUT2D eigenvalue weighted by Crippen LogP contribution is -2.34. The zero-order valence-corrected chi connectivity index (χ0v) is 18.9. The van der Waals surface area contributed by atoms with Gasteiger partial charge >= 0.3 is 0 Å². The number of carbonyl (C=O) groups is 1. The van der Waals surface area contributed by atoms with Gasteiger partial charge in [0.05, 0.1) is 11.4 Å². The van der Waals surface area contributed by atoms with Crippen LogP contribution in [0.15, 0.2) is 52.2 Å². The molecule has 0 aliphatic heterocycles. The van der Waals surface area contributed by atoms with Crippen LogP contribution in [0.5, 0.6) is 0 Å². The van der Waals surface area contributed by atoms with Crippen LogP contribution in [0.3, 0.4) is 0 Å². The molecule has 1 amide bonds. The third kappa shape index (κ3) is 9.74. The fourth-order valence-corrected chi connectivity index (χ4v) is 2.32. The number of carbonyl (C=O) groups excluding carboxylic acids is 1. The van der Waals surface area contributed by atoms with E-state index in [4.69, 9.17) is 16.2 Å². The van der Waals surface area contributed by atoms with Gasteiger partial charge < -0.3 is 16.1 Å². The van der Waals surface area contributed by atoms with E-state index >= 15 is 0 Å². The quantitative estimate of drug-likeness (QED) is 0.300. The van der Waals surface area contributed by atoms with E-state index in [0.717, 1.165) is 16.7 Å². The number of aliphatic imine (C=N–C) groups is 1. The first kappa shape index (κ1) is 26.1. The summed E-state index contributed by atoms with van der Waals surface area (Å²) in [4.78, 5) is 16.3. The average molecular weight is 398 g/mol. The summed E-state index contributed by atoms with van der Waals surface area (Å²) in [5.41, 5.74) is 4.39. The van der Waals surface area contributed by atoms with Crippen molar-refractivity contribution >= 4 is 28.8 Å². The number of allylic oxidation sites excluding steroid dienone is 6. The van der Waals surface area contributed by atoms with Crippen LogP contribution in [0.2, 0.25) is 0 Å². The van der Waals surface area contributed by atoms with Crippen molar-refractivity contribution in [3.05, 3.63) is 47.2 Å². The molecule has 0 aliphatic rings. The van der Waals surface area contributed by atoms with E-state index < -0.39 is 5.91 Å². The molecule has 0 bridgehead atoms. The summed E-state index contributed by atoms with van der Waals surface area (Å²) in [7, 11) is 0. The number of amides is 1. The summed E-state index contributed by atoms with van der Waals surface area (Å²) >= 11 is 0. The van der Waals surface area contributed by atoms with Crippen molar-refractivity contribution in [1.82, 2.24) is 5.32 Å². The van der Waals surface area contributed by atoms with Gasteiger partial charge in [-0.05, 0) is 77.3 Å². The predicted octanol–water partition coefficient (Wildman–Crippen LogP) is 5.04. The molecule has 0 aromatic carbocycles. The molecular formula is C23H35N5O. The first-order valence-electron chi connectivity index (χ1n) is 9.59. The topological polar surface area (TPSA) is 113 Å². The first-order valence-corrected chi connectivity index (χ1v) is 9.59. The average Bonchev–Trinajstić information content (AvgIpc) is 2.58. The second-order valence-electron chi connectivity index (χ2n) is 7.57. The lowest BCUT2D eigenvalue weighted by molar-refractivity contribution is -0.115. The Hall–Kier alpha value is -2.89. The Morgan fingerprint density at radius 1 is 0.931 bits per heavy atom. The van der Waals surface area contributed by atoms with E-state index in [2.05, 4.69) is 16.9 Å². The Bertz CT molecular complexity index is 822. The highest BCUT2D eigenvalue weighted by molar-refractivity contribution is 6.44. The molecule has 6 heteroatoms. The standard InChI is InChI=1S/C23H35N5O/c1-13(2)27-23(29)21(25)12-16(5)15(4)10-14(3)11-17(6)28-20(9)22(26)18(7)19(8)24/h10-13,18,24-26H,3H2,1-2,4-9H3,(H,27,29)/b15-10+,16-12+,17-11+,24-19?,25-21?,26-22?,28-20?. The van der Waals surface area contributed by atoms with Crippen molar-refractivity contribution in [3.8, 4) is 0 Å². The highest BCUT2D eigenvalue weighted by Gasteiger charge is 2.13. The first-order chi connectivity index (χ1) is 13.3. The van der Waals surface area contributed by atoms with Crippen LogP contribution in [0, 0.1) is 22.1 Å². The molecule has 158 valence electrons. The van der Waals surface area contributed by atoms with E-state index in [9.17, 15) is 4.79 Å². The van der Waals surface area contributed by atoms with Gasteiger partial charge in [0.25, 0.3) is 5.91 Å². The fraction of sp³-hybridized carbons (Fsp3) is 0.435. The molecule has 0 spiro atoms. The molecule has 0 radical (unpaired) electrons. The number of hydrogen-bond donors (Lipinski definition) is 4. The molecule has 0 aliphatic carbocycles. The minimum absolute atomic E-state index is 0.0162. The molecule has 1 unspecified atom stereocenters. The second-order valence-corrected chi connectivity index (χ2v) is 7.57. The van der Waals surface area contributed by atoms with E-state index in [1.165, 1.54) is 6.08 Å². The van der Waals surface area contributed by atoms with Gasteiger partial charge in [-0.1, -0.05) is 19.6 Å². The summed E-state index contributed by atoms with van der Waals surface area (Å²) in [5, 5.41) is 26.4. The van der Waals surface area contributed by atoms with Crippen molar-refractivity contribution in [2.75, 3.05) is 0 Å². The zero-order chi connectivity index (χ0) is 22.9. The Morgan fingerprint density at radius 2 is 1.45 bits per heavy atom. The van der Waals surface area contributed by atoms with Crippen molar-refractivity contribution in [2.24, 2.45) is 10.9 Å². The Kier molecular flexibility index (Phi) is 10.7. The summed E-state index contributed by atoms with van der Waals surface area (Å²) < 4.78 is 0. The van der Waals surface area contributed by atoms with Crippen molar-refractivity contribution in [3.63, 3.8) is 0 Å². The van der Waals surface area contributed by atoms with Gasteiger partial charge in [0.2, 0.25) is 0 Å². The minimum atomic E-state index is -0.400. The van der Waals surface area contributed by atoms with E-state index in [-0.39, 0.29) is 17.7 Å². The van der Waals surface area contributed by atoms with Gasteiger partial charge in [-0.25, -0.2) is 0 Å². The number of nitrogens with zero attached hydrogens (tertiary/aromatic N) is 1. The molecule has 4 N–H and O–H groups in total. The zero-order valence-electron chi connectivity index (χ0n) is 18.9. The molecule has 0 heterocycles. The summed E-state index contributed by atoms with van der Waals surface area (Å²) in [6.45, 7) is 18.6. The summed E-state index contributed by atoms with van der Waals surface area (Å²) in [6.07, 6.45) is 5.22. The smallest absolute Gasteiger partial charge is 0.269 e. The van der Waals surface area contributed by atoms with Gasteiger partial charge in [0, 0.05) is 23.4 Å². The summed E-state index contributed by atoms with van der Waals surface area (Å²) in [6, 6.07) is -0.0162. The molecule has 0 aromatic heterocycles. The lowest BCUT2D eigenvalue weighted by atomic mass is 9.98. The monoisotopic (exact) mass is 397 g/mol. The maximum Gasteiger partial charge on any atom is 0.269 e. The number of nitrogens with one attached hydrogen (secondary N) is 4. The van der Waals surface area contributed by atoms with Gasteiger partial charge in [0.1, 0.15) is 5.71 Å². The molecule has 0 aromatic rings. The van der Waals surface area contributed by atoms with E-state index in [0.29, 0.717) is 22.8 Å². The Labute approximate surface area is 175 Å². The summed E-state index contributed by atoms with van der Waals surface area (Å²) in [5.74, 6) is -0.656. The van der Waals surface area contributed by atoms with Crippen LogP contribution in [0.1, 0.15) is 55.4 Å². The lowest BCUT2D eigenvalue weighted by Gasteiger charge is -2.11. The van der Waals surface area contributed by atoms with Gasteiger partial charge in [-0.15, -0.1) is 0 Å². The van der Waals surface area contributed by atoms with Crippen LogP contribution >= 0.6 is 0 Å². The van der Waals surface area contributed by atoms with Gasteiger partial charge in [0.15, 0.2) is 0 Å². The molecule has 0 saturated heterocycles. The third-order valence-electron chi connectivity index (χ3n) is 4.26. The van der Waals surface area contributed by atoms with Crippen LogP contribution < -0.4 is 5.32 Å². The minimum Gasteiger partial charge on any atom is -0.349 e. The van der Waals surface area contributed by atoms with Gasteiger partial charge in [-0.3, -0.25) is 15.2 Å². The SMILES string of the molecule is C=C(/C=C(\C)N=C(C)C(=N)C(C)C(C)=N)/C=C(C)/C(C)=C/C(=N)C(=O)NC(C)C. The fourth-order valence-electron chi connectivity index (χ4n) is 2.32. The van der Waals surface area contributed by atoms with Crippen molar-refractivity contribution < 1.29 is 4.79 Å². The highest BCUT2D eigenvalue weighted by atomic mass is 16.1. The number of hydrogen-bond acceptors (Lipinski definition) is 5. The molecule has 0 saturated carbocycles. The largest absolute Gasteiger partial charge is 0.349 e. The van der Waals surface area contributed by atoms with Gasteiger partial charge in [-0.2, -0.15) is 0 Å². The maximum absolute atomic E-state index is 11.9. The van der Waals surface area contributed by atoms with Crippen LogP contribution in [0.4, 0.5) is 0 Å². The molecule has 29 heavy (non-hydrogen) atoms. The third-order valence-corrected chi connectivity index (χ3v) is 4.26. The Balaban J connectivity index is 5.31. The van der Waals surface area contributed by atoms with Crippen molar-refractivity contribution in [1.29, 1.82) is 16.2 Å². The predicted molar refractivity (Wildman–Crippen MR) is 125 cm³/mol. The van der Waals surface area contributed by atoms with Crippen LogP contribution in [-0.2, 0) is 4.79 Å². The normalized spacial score (nSPS) is 14.5. The molecule has 1 atom stereocenters.